The Morgan fingerprint density at radius 1 is 0.925 bits per heavy atom. The Kier molecular flexibility index (Phi) is 7.95. The summed E-state index contributed by atoms with van der Waals surface area (Å²) in [4.78, 5) is 23.8. The van der Waals surface area contributed by atoms with Gasteiger partial charge in [0.15, 0.2) is 0 Å². The predicted octanol–water partition coefficient (Wildman–Crippen LogP) is 5.84. The fraction of sp³-hybridized carbons (Fsp3) is 0.429. The zero-order valence-electron chi connectivity index (χ0n) is 22.1. The van der Waals surface area contributed by atoms with E-state index in [2.05, 4.69) is 25.1 Å². The Bertz CT molecular complexity index is 1300. The van der Waals surface area contributed by atoms with E-state index in [9.17, 15) is 23.3 Å². The van der Waals surface area contributed by atoms with Crippen LogP contribution in [0.3, 0.4) is 0 Å². The van der Waals surface area contributed by atoms with E-state index in [1.807, 2.05) is 6.92 Å². The quantitative estimate of drug-likeness (QED) is 0.286. The van der Waals surface area contributed by atoms with E-state index in [4.69, 9.17) is 4.74 Å². The normalized spacial score (nSPS) is 17.1. The molecule has 1 N–H and O–H groups in total. The number of ether oxygens (including phenoxy) is 1. The predicted molar refractivity (Wildman–Crippen MR) is 146 cm³/mol. The van der Waals surface area contributed by atoms with Crippen LogP contribution in [0.5, 0.6) is 5.88 Å². The molecule has 0 unspecified atom stereocenters. The number of hydrogen-bond donors (Lipinski definition) is 1. The van der Waals surface area contributed by atoms with E-state index in [0.717, 1.165) is 81.1 Å². The van der Waals surface area contributed by atoms with E-state index < -0.39 is 16.7 Å². The second kappa shape index (κ2) is 11.6. The third kappa shape index (κ3) is 6.37. The number of aromatic nitrogens is 2. The lowest BCUT2D eigenvalue weighted by molar-refractivity contribution is -0.384. The molecule has 0 spiro atoms. The Balaban J connectivity index is 1.13. The van der Waals surface area contributed by atoms with Crippen molar-refractivity contribution < 1.29 is 22.8 Å². The zero-order chi connectivity index (χ0) is 28.3. The number of nitrogens with one attached hydrogen (secondary N) is 1. The summed E-state index contributed by atoms with van der Waals surface area (Å²) in [5.74, 6) is 1.41. The average Bonchev–Trinajstić information content (AvgIpc) is 2.95. The molecule has 2 saturated heterocycles. The maximum atomic E-state index is 12.8. The number of nitro benzene ring substituents is 1. The van der Waals surface area contributed by atoms with Gasteiger partial charge in [0.1, 0.15) is 18.2 Å². The highest BCUT2D eigenvalue weighted by Gasteiger charge is 2.30. The van der Waals surface area contributed by atoms with E-state index in [1.165, 1.54) is 30.6 Å². The second-order valence-electron chi connectivity index (χ2n) is 10.2. The highest BCUT2D eigenvalue weighted by Crippen LogP contribution is 2.32. The van der Waals surface area contributed by atoms with Crippen molar-refractivity contribution in [2.75, 3.05) is 41.3 Å². The summed E-state index contributed by atoms with van der Waals surface area (Å²) < 4.78 is 44.8. The first-order valence-corrected chi connectivity index (χ1v) is 13.3. The smallest absolute Gasteiger partial charge is 0.416 e. The number of hydrogen-bond acceptors (Lipinski definition) is 8. The van der Waals surface area contributed by atoms with Crippen LogP contribution >= 0.6 is 0 Å². The third-order valence-corrected chi connectivity index (χ3v) is 7.53. The molecule has 3 aromatic rings. The number of anilines is 3. The van der Waals surface area contributed by atoms with Crippen molar-refractivity contribution in [2.45, 2.75) is 50.9 Å². The maximum Gasteiger partial charge on any atom is 0.416 e. The molecule has 0 atom stereocenters. The summed E-state index contributed by atoms with van der Waals surface area (Å²) in [6.07, 6.45) is 0.441. The molecule has 40 heavy (non-hydrogen) atoms. The molecule has 2 aliphatic rings. The largest absolute Gasteiger partial charge is 0.474 e. The monoisotopic (exact) mass is 556 g/mol. The summed E-state index contributed by atoms with van der Waals surface area (Å²) in [7, 11) is 0. The summed E-state index contributed by atoms with van der Waals surface area (Å²) in [6, 6.07) is 11.9. The summed E-state index contributed by atoms with van der Waals surface area (Å²) in [6.45, 7) is 5.02. The first-order valence-electron chi connectivity index (χ1n) is 13.3. The minimum absolute atomic E-state index is 0.00872. The SMILES string of the molecule is Cc1c(OC2CCN(c3ccc([N+](=O)[O-])cc3)CC2)ncnc1N1CCC(Nc2ccc(C(F)(F)F)cc2)CC1. The number of benzene rings is 2. The van der Waals surface area contributed by atoms with Crippen molar-refractivity contribution in [3.63, 3.8) is 0 Å². The summed E-state index contributed by atoms with van der Waals surface area (Å²) in [5, 5.41) is 14.3. The van der Waals surface area contributed by atoms with Gasteiger partial charge in [0.25, 0.3) is 5.69 Å². The van der Waals surface area contributed by atoms with Crippen LogP contribution in [0.2, 0.25) is 0 Å². The Hall–Kier alpha value is -4.09. The van der Waals surface area contributed by atoms with Crippen molar-refractivity contribution in [1.29, 1.82) is 0 Å². The Morgan fingerprint density at radius 2 is 1.55 bits per heavy atom. The molecule has 0 saturated carbocycles. The lowest BCUT2D eigenvalue weighted by atomic mass is 10.0. The molecule has 0 radical (unpaired) electrons. The number of nitrogens with zero attached hydrogens (tertiary/aromatic N) is 5. The molecule has 5 rings (SSSR count). The summed E-state index contributed by atoms with van der Waals surface area (Å²) >= 11 is 0. The van der Waals surface area contributed by atoms with Gasteiger partial charge in [-0.25, -0.2) is 9.97 Å². The molecule has 0 aliphatic carbocycles. The molecule has 2 fully saturated rings. The highest BCUT2D eigenvalue weighted by molar-refractivity contribution is 5.52. The van der Waals surface area contributed by atoms with Gasteiger partial charge in [0.05, 0.1) is 16.1 Å². The molecule has 2 aliphatic heterocycles. The molecule has 9 nitrogen and oxygen atoms in total. The molecular formula is C28H31F3N6O3. The number of nitro groups is 1. The van der Waals surface area contributed by atoms with Gasteiger partial charge in [-0.2, -0.15) is 13.2 Å². The summed E-state index contributed by atoms with van der Waals surface area (Å²) in [5.41, 5.74) is 1.95. The zero-order valence-corrected chi connectivity index (χ0v) is 22.1. The van der Waals surface area contributed by atoms with Gasteiger partial charge in [-0.3, -0.25) is 10.1 Å². The fourth-order valence-electron chi connectivity index (χ4n) is 5.26. The number of halogens is 3. The topological polar surface area (TPSA) is 96.7 Å². The first kappa shape index (κ1) is 27.5. The first-order chi connectivity index (χ1) is 19.2. The molecule has 2 aromatic carbocycles. The van der Waals surface area contributed by atoms with E-state index in [-0.39, 0.29) is 17.8 Å². The van der Waals surface area contributed by atoms with Gasteiger partial charge in [-0.15, -0.1) is 0 Å². The van der Waals surface area contributed by atoms with Crippen LogP contribution < -0.4 is 19.9 Å². The molecule has 3 heterocycles. The van der Waals surface area contributed by atoms with Gasteiger partial charge in [0, 0.05) is 68.6 Å². The van der Waals surface area contributed by atoms with Crippen LogP contribution in [0.25, 0.3) is 0 Å². The van der Waals surface area contributed by atoms with Gasteiger partial charge in [0.2, 0.25) is 5.88 Å². The number of rotatable bonds is 7. The fourth-order valence-corrected chi connectivity index (χ4v) is 5.26. The van der Waals surface area contributed by atoms with Crippen LogP contribution in [0.15, 0.2) is 54.9 Å². The lowest BCUT2D eigenvalue weighted by Gasteiger charge is -2.35. The molecular weight excluding hydrogens is 525 g/mol. The third-order valence-electron chi connectivity index (χ3n) is 7.53. The number of piperidine rings is 2. The number of non-ortho nitro benzene ring substituents is 1. The highest BCUT2D eigenvalue weighted by atomic mass is 19.4. The molecule has 0 amide bonds. The van der Waals surface area contributed by atoms with Crippen LogP contribution in [0.4, 0.5) is 36.1 Å². The lowest BCUT2D eigenvalue weighted by Crippen LogP contribution is -2.40. The van der Waals surface area contributed by atoms with Crippen molar-refractivity contribution >= 4 is 22.9 Å². The van der Waals surface area contributed by atoms with E-state index in [0.29, 0.717) is 11.6 Å². The van der Waals surface area contributed by atoms with Crippen LogP contribution in [-0.4, -0.2) is 53.2 Å². The average molecular weight is 557 g/mol. The Labute approximate surface area is 230 Å². The molecule has 1 aromatic heterocycles. The van der Waals surface area contributed by atoms with Crippen molar-refractivity contribution in [3.8, 4) is 5.88 Å². The van der Waals surface area contributed by atoms with Crippen molar-refractivity contribution in [1.82, 2.24) is 9.97 Å². The van der Waals surface area contributed by atoms with Crippen LogP contribution in [0.1, 0.15) is 36.8 Å². The molecule has 212 valence electrons. The molecule has 12 heteroatoms. The van der Waals surface area contributed by atoms with Gasteiger partial charge in [-0.1, -0.05) is 0 Å². The number of alkyl halides is 3. The van der Waals surface area contributed by atoms with Crippen molar-refractivity contribution in [2.24, 2.45) is 0 Å². The van der Waals surface area contributed by atoms with Gasteiger partial charge >= 0.3 is 6.18 Å². The van der Waals surface area contributed by atoms with Crippen molar-refractivity contribution in [3.05, 3.63) is 76.1 Å². The molecule has 0 bridgehead atoms. The maximum absolute atomic E-state index is 12.8. The van der Waals surface area contributed by atoms with E-state index in [1.54, 1.807) is 12.1 Å². The minimum Gasteiger partial charge on any atom is -0.474 e. The second-order valence-corrected chi connectivity index (χ2v) is 10.2. The standard InChI is InChI=1S/C28H31F3N6O3/c1-19-26(36-14-10-22(11-15-36)34-21-4-2-20(3-5-21)28(29,30)31)32-18-33-27(19)40-25-12-16-35(17-13-25)23-6-8-24(9-7-23)37(38)39/h2-9,18,22,25,34H,10-17H2,1H3. The minimum atomic E-state index is -4.34. The van der Waals surface area contributed by atoms with Gasteiger partial charge in [-0.05, 0) is 56.2 Å². The Morgan fingerprint density at radius 3 is 2.15 bits per heavy atom. The van der Waals surface area contributed by atoms with Crippen LogP contribution in [0, 0.1) is 17.0 Å². The van der Waals surface area contributed by atoms with Crippen LogP contribution in [-0.2, 0) is 6.18 Å². The van der Waals surface area contributed by atoms with E-state index >= 15 is 0 Å². The van der Waals surface area contributed by atoms with Gasteiger partial charge < -0.3 is 19.9 Å².